The van der Waals surface area contributed by atoms with E-state index in [1.807, 2.05) is 0 Å². The Labute approximate surface area is 232 Å². The Bertz CT molecular complexity index is 811. The van der Waals surface area contributed by atoms with Gasteiger partial charge < -0.3 is 5.32 Å². The summed E-state index contributed by atoms with van der Waals surface area (Å²) in [5.41, 5.74) is 0. The zero-order valence-electron chi connectivity index (χ0n) is 20.8. The average molecular weight is 589 g/mol. The third kappa shape index (κ3) is 14.4. The van der Waals surface area contributed by atoms with Crippen LogP contribution in [0.3, 0.4) is 0 Å². The molecule has 0 aliphatic carbocycles. The molecule has 0 saturated heterocycles. The van der Waals surface area contributed by atoms with Crippen LogP contribution in [0.1, 0.15) is 110 Å². The number of hydrogen-bond donors (Lipinski definition) is 1. The highest BCUT2D eigenvalue weighted by Gasteiger charge is 2.44. The minimum atomic E-state index is -4.12. The topological polar surface area (TPSA) is 63.2 Å². The first-order valence-electron chi connectivity index (χ1n) is 12.9. The number of alkyl halides is 3. The van der Waals surface area contributed by atoms with Gasteiger partial charge in [0.2, 0.25) is 19.5 Å². The fraction of sp³-hybridized carbons (Fsp3) is 0.731. The van der Waals surface area contributed by atoms with E-state index in [9.17, 15) is 13.2 Å². The Balaban J connectivity index is 2.22. The summed E-state index contributed by atoms with van der Waals surface area (Å²) in [6, 6.07) is 5.51. The van der Waals surface area contributed by atoms with Gasteiger partial charge in [-0.25, -0.2) is 8.42 Å². The predicted octanol–water partition coefficient (Wildman–Crippen LogP) is 9.19. The van der Waals surface area contributed by atoms with Gasteiger partial charge in [-0.3, -0.25) is 4.79 Å². The van der Waals surface area contributed by atoms with Crippen LogP contribution in [0, 0.1) is 0 Å². The summed E-state index contributed by atoms with van der Waals surface area (Å²) in [5, 5.41) is 1.10. The van der Waals surface area contributed by atoms with Crippen LogP contribution in [-0.2, 0) is 14.6 Å². The molecule has 0 spiro atoms. The van der Waals surface area contributed by atoms with Crippen LogP contribution < -0.4 is 5.32 Å². The van der Waals surface area contributed by atoms with Gasteiger partial charge in [-0.15, -0.1) is 0 Å². The van der Waals surface area contributed by atoms with E-state index in [0.717, 1.165) is 19.3 Å². The van der Waals surface area contributed by atoms with E-state index < -0.39 is 24.9 Å². The Hall–Kier alpha value is -0.200. The molecule has 0 fully saturated rings. The maximum Gasteiger partial charge on any atom is 0.225 e. The zero-order chi connectivity index (χ0) is 26.2. The monoisotopic (exact) mass is 587 g/mol. The van der Waals surface area contributed by atoms with Gasteiger partial charge >= 0.3 is 0 Å². The summed E-state index contributed by atoms with van der Waals surface area (Å²) >= 11 is 23.6. The second-order valence-electron chi connectivity index (χ2n) is 9.19. The van der Waals surface area contributed by atoms with E-state index in [4.69, 9.17) is 46.4 Å². The minimum Gasteiger partial charge on any atom is -0.336 e. The third-order valence-corrected chi connectivity index (χ3v) is 9.37. The summed E-state index contributed by atoms with van der Waals surface area (Å²) < 4.78 is 23.6. The van der Waals surface area contributed by atoms with E-state index in [1.54, 1.807) is 0 Å². The molecule has 1 amide bonds. The number of carbonyl (C=O) groups is 1. The quantitative estimate of drug-likeness (QED) is 0.129. The predicted molar refractivity (Wildman–Crippen MR) is 150 cm³/mol. The fourth-order valence-electron chi connectivity index (χ4n) is 3.97. The molecule has 0 radical (unpaired) electrons. The van der Waals surface area contributed by atoms with Gasteiger partial charge in [0.05, 0.1) is 4.90 Å². The Kier molecular flexibility index (Phi) is 17.0. The van der Waals surface area contributed by atoms with Crippen LogP contribution in [-0.4, -0.2) is 23.5 Å². The average Bonchev–Trinajstić information content (AvgIpc) is 2.79. The summed E-state index contributed by atoms with van der Waals surface area (Å²) in [7, 11) is -4.12. The minimum absolute atomic E-state index is 0.0782. The van der Waals surface area contributed by atoms with Crippen molar-refractivity contribution in [1.29, 1.82) is 0 Å². The third-order valence-electron chi connectivity index (χ3n) is 6.05. The van der Waals surface area contributed by atoms with Crippen LogP contribution in [0.5, 0.6) is 0 Å². The molecule has 0 aliphatic heterocycles. The van der Waals surface area contributed by atoms with Gasteiger partial charge in [0.1, 0.15) is 0 Å². The van der Waals surface area contributed by atoms with Crippen LogP contribution in [0.4, 0.5) is 0 Å². The molecule has 1 aromatic carbocycles. The summed E-state index contributed by atoms with van der Waals surface area (Å²) in [6.07, 6.45) is 18.6. The normalized spacial score (nSPS) is 13.1. The van der Waals surface area contributed by atoms with Crippen molar-refractivity contribution >= 4 is 62.1 Å². The van der Waals surface area contributed by atoms with Crippen molar-refractivity contribution in [2.75, 3.05) is 0 Å². The molecule has 0 saturated carbocycles. The lowest BCUT2D eigenvalue weighted by Crippen LogP contribution is -2.49. The lowest BCUT2D eigenvalue weighted by molar-refractivity contribution is -0.121. The molecule has 1 N–H and O–H groups in total. The molecule has 0 bridgehead atoms. The second-order valence-corrected chi connectivity index (χ2v) is 14.0. The van der Waals surface area contributed by atoms with Gasteiger partial charge in [-0.2, -0.15) is 0 Å². The van der Waals surface area contributed by atoms with E-state index in [1.165, 1.54) is 94.9 Å². The van der Waals surface area contributed by atoms with E-state index in [2.05, 4.69) is 12.2 Å². The van der Waals surface area contributed by atoms with Gasteiger partial charge in [0.15, 0.2) is 5.37 Å². The van der Waals surface area contributed by atoms with Crippen molar-refractivity contribution in [3.63, 3.8) is 0 Å². The Morgan fingerprint density at radius 2 is 1.17 bits per heavy atom. The number of halogens is 4. The molecule has 202 valence electrons. The molecule has 1 unspecified atom stereocenters. The van der Waals surface area contributed by atoms with Crippen LogP contribution in [0.15, 0.2) is 29.2 Å². The SMILES string of the molecule is CCCCCCCCCCCCCCCCCC(=O)NC(C(Cl)(Cl)Cl)S(=O)(=O)c1ccc(Cl)cc1. The number of nitrogens with one attached hydrogen (secondary N) is 1. The molecule has 0 aliphatic rings. The number of carbonyl (C=O) groups excluding carboxylic acids is 1. The van der Waals surface area contributed by atoms with E-state index >= 15 is 0 Å². The van der Waals surface area contributed by atoms with Crippen molar-refractivity contribution in [3.05, 3.63) is 29.3 Å². The maximum atomic E-state index is 12.9. The smallest absolute Gasteiger partial charge is 0.225 e. The highest BCUT2D eigenvalue weighted by atomic mass is 35.6. The van der Waals surface area contributed by atoms with Crippen LogP contribution in [0.2, 0.25) is 5.02 Å². The van der Waals surface area contributed by atoms with Crippen molar-refractivity contribution in [1.82, 2.24) is 5.32 Å². The van der Waals surface area contributed by atoms with E-state index in [-0.39, 0.29) is 11.3 Å². The van der Waals surface area contributed by atoms with Gasteiger partial charge in [-0.1, -0.05) is 143 Å². The zero-order valence-corrected chi connectivity index (χ0v) is 24.7. The van der Waals surface area contributed by atoms with E-state index in [0.29, 0.717) is 11.4 Å². The number of benzene rings is 1. The number of sulfone groups is 1. The van der Waals surface area contributed by atoms with Gasteiger partial charge in [0.25, 0.3) is 0 Å². The van der Waals surface area contributed by atoms with Gasteiger partial charge in [0, 0.05) is 11.4 Å². The van der Waals surface area contributed by atoms with Crippen LogP contribution >= 0.6 is 46.4 Å². The summed E-state index contributed by atoms with van der Waals surface area (Å²) in [6.45, 7) is 2.25. The van der Waals surface area contributed by atoms with Crippen LogP contribution in [0.25, 0.3) is 0 Å². The summed E-state index contributed by atoms with van der Waals surface area (Å²) in [5.74, 6) is -0.450. The second kappa shape index (κ2) is 18.1. The number of rotatable bonds is 19. The molecule has 4 nitrogen and oxygen atoms in total. The van der Waals surface area contributed by atoms with Gasteiger partial charge in [-0.05, 0) is 30.7 Å². The van der Waals surface area contributed by atoms with Crippen molar-refractivity contribution in [3.8, 4) is 0 Å². The number of hydrogen-bond acceptors (Lipinski definition) is 3. The first-order valence-corrected chi connectivity index (χ1v) is 16.0. The molecule has 1 aromatic rings. The Morgan fingerprint density at radius 3 is 1.57 bits per heavy atom. The summed E-state index contributed by atoms with van der Waals surface area (Å²) in [4.78, 5) is 12.3. The first kappa shape index (κ1) is 32.8. The standard InChI is InChI=1S/C26H41Cl4NO3S/c1-2-3-4-5-6-7-8-9-10-11-12-13-14-15-16-17-24(32)31-25(26(28,29)30)35(33,34)23-20-18-22(27)19-21-23/h18-21,25H,2-17H2,1H3,(H,31,32). The van der Waals surface area contributed by atoms with Crippen molar-refractivity contribution < 1.29 is 13.2 Å². The molecule has 1 rings (SSSR count). The molecular weight excluding hydrogens is 548 g/mol. The fourth-order valence-corrected chi connectivity index (χ4v) is 6.74. The molecule has 35 heavy (non-hydrogen) atoms. The largest absolute Gasteiger partial charge is 0.336 e. The van der Waals surface area contributed by atoms with Crippen molar-refractivity contribution in [2.45, 2.75) is 124 Å². The first-order chi connectivity index (χ1) is 16.6. The Morgan fingerprint density at radius 1 is 0.771 bits per heavy atom. The molecule has 0 heterocycles. The number of unbranched alkanes of at least 4 members (excludes halogenated alkanes) is 14. The highest BCUT2D eigenvalue weighted by molar-refractivity contribution is 7.92. The lowest BCUT2D eigenvalue weighted by atomic mass is 10.0. The maximum absolute atomic E-state index is 12.9. The highest BCUT2D eigenvalue weighted by Crippen LogP contribution is 2.36. The molecule has 0 aromatic heterocycles. The van der Waals surface area contributed by atoms with Crippen molar-refractivity contribution in [2.24, 2.45) is 0 Å². The lowest BCUT2D eigenvalue weighted by Gasteiger charge is -2.25. The molecular formula is C26H41Cl4NO3S. The molecule has 1 atom stereocenters. The molecule has 9 heteroatoms. The number of amides is 1.